The maximum atomic E-state index is 12.9. The summed E-state index contributed by atoms with van der Waals surface area (Å²) in [6.45, 7) is 10.1. The van der Waals surface area contributed by atoms with Crippen LogP contribution in [0.5, 0.6) is 0 Å². The molecule has 142 valence electrons. The highest BCUT2D eigenvalue weighted by Gasteiger charge is 2.52. The lowest BCUT2D eigenvalue weighted by molar-refractivity contribution is -0.142. The molecule has 2 aliphatic rings. The van der Waals surface area contributed by atoms with Crippen LogP contribution in [-0.2, 0) is 9.59 Å². The molecule has 1 heterocycles. The van der Waals surface area contributed by atoms with Crippen molar-refractivity contribution in [2.75, 3.05) is 6.54 Å². The van der Waals surface area contributed by atoms with Gasteiger partial charge in [0.05, 0.1) is 0 Å². The van der Waals surface area contributed by atoms with Crippen molar-refractivity contribution in [1.82, 2.24) is 15.1 Å². The Morgan fingerprint density at radius 2 is 1.72 bits per heavy atom. The summed E-state index contributed by atoms with van der Waals surface area (Å²) in [4.78, 5) is 41.1. The van der Waals surface area contributed by atoms with Crippen molar-refractivity contribution in [3.05, 3.63) is 0 Å². The van der Waals surface area contributed by atoms with E-state index in [0.29, 0.717) is 18.8 Å². The fourth-order valence-corrected chi connectivity index (χ4v) is 3.95. The van der Waals surface area contributed by atoms with E-state index in [1.165, 1.54) is 0 Å². The van der Waals surface area contributed by atoms with Crippen LogP contribution in [-0.4, -0.2) is 51.8 Å². The van der Waals surface area contributed by atoms with Crippen LogP contribution in [0.2, 0.25) is 0 Å². The lowest BCUT2D eigenvalue weighted by atomic mass is 9.77. The van der Waals surface area contributed by atoms with Crippen molar-refractivity contribution >= 4 is 17.8 Å². The summed E-state index contributed by atoms with van der Waals surface area (Å²) in [5, 5.41) is 2.89. The highest BCUT2D eigenvalue weighted by molar-refractivity contribution is 6.09. The molecule has 25 heavy (non-hydrogen) atoms. The second-order valence-corrected chi connectivity index (χ2v) is 7.90. The van der Waals surface area contributed by atoms with Crippen LogP contribution in [0.25, 0.3) is 0 Å². The molecule has 0 radical (unpaired) electrons. The van der Waals surface area contributed by atoms with Gasteiger partial charge >= 0.3 is 6.03 Å². The molecule has 1 aliphatic heterocycles. The third-order valence-corrected chi connectivity index (χ3v) is 6.09. The minimum absolute atomic E-state index is 0.0905. The van der Waals surface area contributed by atoms with Gasteiger partial charge in [-0.05, 0) is 58.3 Å². The van der Waals surface area contributed by atoms with Crippen molar-refractivity contribution in [3.63, 3.8) is 0 Å². The number of nitrogens with zero attached hydrogens (tertiary/aromatic N) is 2. The molecular weight excluding hydrogens is 318 g/mol. The Bertz CT molecular complexity index is 516. The van der Waals surface area contributed by atoms with E-state index in [-0.39, 0.29) is 30.4 Å². The van der Waals surface area contributed by atoms with Crippen molar-refractivity contribution < 1.29 is 14.4 Å². The predicted octanol–water partition coefficient (Wildman–Crippen LogP) is 2.91. The van der Waals surface area contributed by atoms with Gasteiger partial charge in [-0.15, -0.1) is 0 Å². The SMILES string of the molecule is CC[C@H](C)N(C(=O)CN1C(=O)NC2(CCC(C)CC2)C1=O)[C@@H](C)CC. The molecule has 4 amide bonds. The summed E-state index contributed by atoms with van der Waals surface area (Å²) in [5.41, 5.74) is -0.776. The summed E-state index contributed by atoms with van der Waals surface area (Å²) < 4.78 is 0. The fraction of sp³-hybridized carbons (Fsp3) is 0.842. The zero-order chi connectivity index (χ0) is 18.8. The first-order valence-electron chi connectivity index (χ1n) is 9.71. The summed E-state index contributed by atoms with van der Waals surface area (Å²) >= 11 is 0. The molecule has 1 saturated heterocycles. The Morgan fingerprint density at radius 3 is 2.20 bits per heavy atom. The van der Waals surface area contributed by atoms with Gasteiger partial charge in [-0.25, -0.2) is 4.79 Å². The number of urea groups is 1. The van der Waals surface area contributed by atoms with Gasteiger partial charge in [-0.1, -0.05) is 20.8 Å². The van der Waals surface area contributed by atoms with Crippen molar-refractivity contribution in [2.24, 2.45) is 5.92 Å². The first-order valence-corrected chi connectivity index (χ1v) is 9.71. The first kappa shape index (κ1) is 19.7. The number of carbonyl (C=O) groups excluding carboxylic acids is 3. The van der Waals surface area contributed by atoms with Gasteiger partial charge in [0.1, 0.15) is 12.1 Å². The Kier molecular flexibility index (Phi) is 6.12. The molecular formula is C19H33N3O3. The highest BCUT2D eigenvalue weighted by atomic mass is 16.2. The molecule has 2 rings (SSSR count). The molecule has 6 heteroatoms. The molecule has 2 atom stereocenters. The topological polar surface area (TPSA) is 69.7 Å². The Hall–Kier alpha value is -1.59. The number of hydrogen-bond acceptors (Lipinski definition) is 3. The summed E-state index contributed by atoms with van der Waals surface area (Å²) in [6, 6.07) is -0.235. The lowest BCUT2D eigenvalue weighted by Gasteiger charge is -2.35. The summed E-state index contributed by atoms with van der Waals surface area (Å²) in [6.07, 6.45) is 4.89. The maximum absolute atomic E-state index is 12.9. The van der Waals surface area contributed by atoms with Crippen LogP contribution in [0.15, 0.2) is 0 Å². The number of carbonyl (C=O) groups is 3. The van der Waals surface area contributed by atoms with Gasteiger partial charge in [-0.2, -0.15) is 0 Å². The van der Waals surface area contributed by atoms with Gasteiger partial charge in [0.15, 0.2) is 0 Å². The molecule has 0 unspecified atom stereocenters. The third kappa shape index (κ3) is 3.82. The van der Waals surface area contributed by atoms with Crippen LogP contribution < -0.4 is 5.32 Å². The fourth-order valence-electron chi connectivity index (χ4n) is 3.95. The molecule has 1 N–H and O–H groups in total. The van der Waals surface area contributed by atoms with Gasteiger partial charge in [0, 0.05) is 12.1 Å². The minimum atomic E-state index is -0.776. The third-order valence-electron chi connectivity index (χ3n) is 6.09. The van der Waals surface area contributed by atoms with E-state index in [2.05, 4.69) is 12.2 Å². The van der Waals surface area contributed by atoms with Crippen LogP contribution in [0.1, 0.15) is 73.1 Å². The van der Waals surface area contributed by atoms with Gasteiger partial charge in [0.2, 0.25) is 5.91 Å². The van der Waals surface area contributed by atoms with Gasteiger partial charge < -0.3 is 10.2 Å². The number of rotatable bonds is 6. The minimum Gasteiger partial charge on any atom is -0.336 e. The summed E-state index contributed by atoms with van der Waals surface area (Å²) in [5.74, 6) is 0.219. The van der Waals surface area contributed by atoms with Crippen molar-refractivity contribution in [2.45, 2.75) is 90.8 Å². The molecule has 1 spiro atoms. The highest BCUT2D eigenvalue weighted by Crippen LogP contribution is 2.36. The van der Waals surface area contributed by atoms with Crippen LogP contribution in [0.3, 0.4) is 0 Å². The molecule has 1 saturated carbocycles. The van der Waals surface area contributed by atoms with E-state index in [1.807, 2.05) is 32.6 Å². The van der Waals surface area contributed by atoms with Gasteiger partial charge in [-0.3, -0.25) is 14.5 Å². The van der Waals surface area contributed by atoms with Crippen LogP contribution in [0, 0.1) is 5.92 Å². The van der Waals surface area contributed by atoms with E-state index >= 15 is 0 Å². The van der Waals surface area contributed by atoms with Crippen LogP contribution >= 0.6 is 0 Å². The number of amides is 4. The predicted molar refractivity (Wildman–Crippen MR) is 97.0 cm³/mol. The number of nitrogens with one attached hydrogen (secondary N) is 1. The largest absolute Gasteiger partial charge is 0.336 e. The standard InChI is InChI=1S/C19H33N3O3/c1-6-14(4)22(15(5)7-2)16(23)12-21-17(24)19(20-18(21)25)10-8-13(3)9-11-19/h13-15H,6-12H2,1-5H3,(H,20,25)/t13?,14-,15-,19?/m0/s1. The molecule has 0 aromatic rings. The Labute approximate surface area is 151 Å². The summed E-state index contributed by atoms with van der Waals surface area (Å²) in [7, 11) is 0. The molecule has 1 aliphatic carbocycles. The monoisotopic (exact) mass is 351 g/mol. The maximum Gasteiger partial charge on any atom is 0.325 e. The molecule has 2 fully saturated rings. The second-order valence-electron chi connectivity index (χ2n) is 7.90. The van der Waals surface area contributed by atoms with E-state index in [4.69, 9.17) is 0 Å². The molecule has 6 nitrogen and oxygen atoms in total. The first-order chi connectivity index (χ1) is 11.8. The van der Waals surface area contributed by atoms with Gasteiger partial charge in [0.25, 0.3) is 5.91 Å². The zero-order valence-electron chi connectivity index (χ0n) is 16.3. The van der Waals surface area contributed by atoms with Crippen molar-refractivity contribution in [3.8, 4) is 0 Å². The average molecular weight is 351 g/mol. The van der Waals surface area contributed by atoms with Crippen molar-refractivity contribution in [1.29, 1.82) is 0 Å². The second kappa shape index (κ2) is 7.75. The molecule has 0 aromatic carbocycles. The van der Waals surface area contributed by atoms with E-state index < -0.39 is 11.6 Å². The molecule has 0 bridgehead atoms. The zero-order valence-corrected chi connectivity index (χ0v) is 16.3. The lowest BCUT2D eigenvalue weighted by Crippen LogP contribution is -2.51. The van der Waals surface area contributed by atoms with Crippen LogP contribution in [0.4, 0.5) is 4.79 Å². The average Bonchev–Trinajstić information content (AvgIpc) is 2.81. The normalized spacial score (nSPS) is 28.8. The quantitative estimate of drug-likeness (QED) is 0.748. The Morgan fingerprint density at radius 1 is 1.20 bits per heavy atom. The number of imide groups is 1. The number of hydrogen-bond donors (Lipinski definition) is 1. The molecule has 0 aromatic heterocycles. The van der Waals surface area contributed by atoms with E-state index in [1.54, 1.807) is 0 Å². The van der Waals surface area contributed by atoms with E-state index in [0.717, 1.165) is 30.6 Å². The van der Waals surface area contributed by atoms with E-state index in [9.17, 15) is 14.4 Å². The Balaban J connectivity index is 2.12. The smallest absolute Gasteiger partial charge is 0.325 e.